The van der Waals surface area contributed by atoms with Crippen molar-refractivity contribution in [1.82, 2.24) is 0 Å². The lowest BCUT2D eigenvalue weighted by molar-refractivity contribution is 0.155. The first-order valence-electron chi connectivity index (χ1n) is 3.51. The number of hydrogen-bond acceptors (Lipinski definition) is 2. The number of allylic oxidation sites excluding steroid dienone is 2. The molecule has 0 aliphatic carbocycles. The molecule has 0 aliphatic rings. The molecule has 0 radical (unpaired) electrons. The molecule has 0 aromatic rings. The van der Waals surface area contributed by atoms with Gasteiger partial charge in [-0.2, -0.15) is 0 Å². The van der Waals surface area contributed by atoms with Crippen LogP contribution in [0.2, 0.25) is 0 Å². The van der Waals surface area contributed by atoms with E-state index in [1.165, 1.54) is 6.08 Å². The van der Waals surface area contributed by atoms with Gasteiger partial charge in [-0.15, -0.1) is 13.2 Å². The number of hydrogen-bond donors (Lipinski definition) is 2. The molecule has 1 unspecified atom stereocenters. The lowest BCUT2D eigenvalue weighted by Crippen LogP contribution is -2.08. The van der Waals surface area contributed by atoms with Crippen LogP contribution in [0.3, 0.4) is 0 Å². The summed E-state index contributed by atoms with van der Waals surface area (Å²) in [6.07, 6.45) is 4.87. The Morgan fingerprint density at radius 2 is 2.00 bits per heavy atom. The summed E-state index contributed by atoms with van der Waals surface area (Å²) in [5, 5.41) is 18.2. The zero-order chi connectivity index (χ0) is 8.69. The normalized spacial score (nSPS) is 14.1. The Balaban J connectivity index is 3.87. The van der Waals surface area contributed by atoms with Crippen molar-refractivity contribution in [1.29, 1.82) is 0 Å². The first-order chi connectivity index (χ1) is 5.22. The lowest BCUT2D eigenvalue weighted by Gasteiger charge is -2.05. The Morgan fingerprint density at radius 1 is 1.36 bits per heavy atom. The van der Waals surface area contributed by atoms with E-state index in [0.29, 0.717) is 12.8 Å². The van der Waals surface area contributed by atoms with E-state index in [2.05, 4.69) is 13.2 Å². The van der Waals surface area contributed by atoms with Gasteiger partial charge in [0.25, 0.3) is 0 Å². The van der Waals surface area contributed by atoms with Crippen molar-refractivity contribution in [3.63, 3.8) is 0 Å². The fraction of sp³-hybridized carbons (Fsp3) is 0.333. The van der Waals surface area contributed by atoms with Gasteiger partial charge in [-0.1, -0.05) is 12.2 Å². The van der Waals surface area contributed by atoms with Gasteiger partial charge in [-0.05, 0) is 18.9 Å². The number of aliphatic hydroxyl groups is 2. The second-order valence-electron chi connectivity index (χ2n) is 2.19. The van der Waals surface area contributed by atoms with Crippen molar-refractivity contribution in [3.05, 3.63) is 37.1 Å². The van der Waals surface area contributed by atoms with E-state index in [1.807, 2.05) is 0 Å². The molecular weight excluding hydrogens is 140 g/mol. The van der Waals surface area contributed by atoms with Crippen LogP contribution in [0.4, 0.5) is 0 Å². The highest BCUT2D eigenvalue weighted by atomic mass is 16.3. The van der Waals surface area contributed by atoms with Crippen LogP contribution in [0.5, 0.6) is 0 Å². The zero-order valence-corrected chi connectivity index (χ0v) is 6.53. The molecule has 0 spiro atoms. The highest BCUT2D eigenvalue weighted by Gasteiger charge is 2.04. The molecule has 11 heavy (non-hydrogen) atoms. The molecule has 0 aliphatic heterocycles. The van der Waals surface area contributed by atoms with Gasteiger partial charge < -0.3 is 10.2 Å². The van der Waals surface area contributed by atoms with Gasteiger partial charge in [0.05, 0.1) is 0 Å². The van der Waals surface area contributed by atoms with Crippen LogP contribution in [0.1, 0.15) is 12.8 Å². The molecule has 1 atom stereocenters. The summed E-state index contributed by atoms with van der Waals surface area (Å²) in [5.74, 6) is -0.00944. The molecule has 0 saturated heterocycles. The molecule has 2 nitrogen and oxygen atoms in total. The van der Waals surface area contributed by atoms with E-state index in [1.54, 1.807) is 12.2 Å². The average molecular weight is 154 g/mol. The third kappa shape index (κ3) is 4.39. The second-order valence-corrected chi connectivity index (χ2v) is 2.19. The van der Waals surface area contributed by atoms with Gasteiger partial charge in [0.1, 0.15) is 11.9 Å². The minimum atomic E-state index is -0.813. The molecule has 0 bridgehead atoms. The van der Waals surface area contributed by atoms with Crippen molar-refractivity contribution >= 4 is 0 Å². The monoisotopic (exact) mass is 154 g/mol. The van der Waals surface area contributed by atoms with Crippen LogP contribution < -0.4 is 0 Å². The van der Waals surface area contributed by atoms with Crippen LogP contribution in [-0.4, -0.2) is 16.3 Å². The highest BCUT2D eigenvalue weighted by Crippen LogP contribution is 2.04. The van der Waals surface area contributed by atoms with Gasteiger partial charge in [0, 0.05) is 0 Å². The summed E-state index contributed by atoms with van der Waals surface area (Å²) in [6, 6.07) is 0. The summed E-state index contributed by atoms with van der Waals surface area (Å²) >= 11 is 0. The van der Waals surface area contributed by atoms with Crippen LogP contribution in [0.15, 0.2) is 37.1 Å². The fourth-order valence-electron chi connectivity index (χ4n) is 0.619. The van der Waals surface area contributed by atoms with E-state index < -0.39 is 6.10 Å². The summed E-state index contributed by atoms with van der Waals surface area (Å²) in [6.45, 7) is 6.93. The zero-order valence-electron chi connectivity index (χ0n) is 6.53. The maximum Gasteiger partial charge on any atom is 0.117 e. The Morgan fingerprint density at radius 3 is 2.45 bits per heavy atom. The van der Waals surface area contributed by atoms with Crippen LogP contribution in [0.25, 0.3) is 0 Å². The second kappa shape index (κ2) is 5.74. The van der Waals surface area contributed by atoms with E-state index in [0.717, 1.165) is 0 Å². The van der Waals surface area contributed by atoms with Gasteiger partial charge in [0.15, 0.2) is 0 Å². The molecule has 0 aromatic carbocycles. The van der Waals surface area contributed by atoms with Gasteiger partial charge in [0.2, 0.25) is 0 Å². The van der Waals surface area contributed by atoms with E-state index >= 15 is 0 Å². The topological polar surface area (TPSA) is 40.5 Å². The van der Waals surface area contributed by atoms with Crippen molar-refractivity contribution in [3.8, 4) is 0 Å². The number of rotatable bonds is 5. The van der Waals surface area contributed by atoms with Crippen molar-refractivity contribution in [2.24, 2.45) is 0 Å². The van der Waals surface area contributed by atoms with Gasteiger partial charge >= 0.3 is 0 Å². The Bertz CT molecular complexity index is 159. The molecule has 0 heterocycles. The molecule has 0 rings (SSSR count). The Hall–Kier alpha value is -1.02. The van der Waals surface area contributed by atoms with Gasteiger partial charge in [-0.25, -0.2) is 0 Å². The summed E-state index contributed by atoms with van der Waals surface area (Å²) in [5.41, 5.74) is 0. The third-order valence-corrected chi connectivity index (χ3v) is 1.22. The van der Waals surface area contributed by atoms with Crippen LogP contribution in [-0.2, 0) is 0 Å². The summed E-state index contributed by atoms with van der Waals surface area (Å²) in [7, 11) is 0. The molecule has 2 N–H and O–H groups in total. The van der Waals surface area contributed by atoms with E-state index in [-0.39, 0.29) is 5.76 Å². The third-order valence-electron chi connectivity index (χ3n) is 1.22. The van der Waals surface area contributed by atoms with Crippen LogP contribution in [0, 0.1) is 0 Å². The Kier molecular flexibility index (Phi) is 5.21. The fourth-order valence-corrected chi connectivity index (χ4v) is 0.619. The first kappa shape index (κ1) is 9.98. The Labute approximate surface area is 67.2 Å². The maximum atomic E-state index is 9.12. The minimum absolute atomic E-state index is 0.00944. The van der Waals surface area contributed by atoms with Crippen molar-refractivity contribution in [2.75, 3.05) is 0 Å². The molecule has 0 aromatic heterocycles. The van der Waals surface area contributed by atoms with E-state index in [9.17, 15) is 0 Å². The molecule has 2 heteroatoms. The highest BCUT2D eigenvalue weighted by molar-refractivity contribution is 5.02. The van der Waals surface area contributed by atoms with Crippen molar-refractivity contribution in [2.45, 2.75) is 18.9 Å². The number of aliphatic hydroxyl groups excluding tert-OH is 2. The predicted molar refractivity (Wildman–Crippen MR) is 46.3 cm³/mol. The summed E-state index contributed by atoms with van der Waals surface area (Å²) < 4.78 is 0. The standard InChI is InChI=1S/C9H14O2/c1-3-5-7-9(11)8(10)6-4-2/h3-4,7-8,10-11H,1-2,5-6H2. The quantitative estimate of drug-likeness (QED) is 0.469. The summed E-state index contributed by atoms with van der Waals surface area (Å²) in [4.78, 5) is 0. The van der Waals surface area contributed by atoms with E-state index in [4.69, 9.17) is 10.2 Å². The predicted octanol–water partition coefficient (Wildman–Crippen LogP) is 1.94. The largest absolute Gasteiger partial charge is 0.510 e. The smallest absolute Gasteiger partial charge is 0.117 e. The first-order valence-corrected chi connectivity index (χ1v) is 3.51. The molecule has 0 saturated carbocycles. The molecule has 0 fully saturated rings. The molecule has 0 amide bonds. The SMILES string of the molecule is C=CCC=C(O)C(O)CC=C. The lowest BCUT2D eigenvalue weighted by atomic mass is 10.2. The molecule has 62 valence electrons. The van der Waals surface area contributed by atoms with Crippen LogP contribution >= 0.6 is 0 Å². The van der Waals surface area contributed by atoms with Crippen molar-refractivity contribution < 1.29 is 10.2 Å². The van der Waals surface area contributed by atoms with Gasteiger partial charge in [-0.3, -0.25) is 0 Å². The average Bonchev–Trinajstić information content (AvgIpc) is 2.00. The molecular formula is C9H14O2. The minimum Gasteiger partial charge on any atom is -0.510 e. The maximum absolute atomic E-state index is 9.12.